The summed E-state index contributed by atoms with van der Waals surface area (Å²) < 4.78 is 0. The minimum absolute atomic E-state index is 0.484. The number of thiazole rings is 1. The van der Waals surface area contributed by atoms with Crippen LogP contribution in [-0.4, -0.2) is 17.6 Å². The Bertz CT molecular complexity index is 334. The Morgan fingerprint density at radius 3 is 3.27 bits per heavy atom. The van der Waals surface area contributed by atoms with Crippen molar-refractivity contribution >= 4 is 16.5 Å². The van der Waals surface area contributed by atoms with E-state index in [9.17, 15) is 0 Å². The number of nitrogens with two attached hydrogens (primary N) is 1. The molecule has 2 heterocycles. The molecule has 1 saturated heterocycles. The van der Waals surface area contributed by atoms with E-state index in [1.54, 1.807) is 0 Å². The van der Waals surface area contributed by atoms with E-state index >= 15 is 0 Å². The lowest BCUT2D eigenvalue weighted by molar-refractivity contribution is 0.348. The quantitative estimate of drug-likeness (QED) is 0.772. The molecule has 1 aromatic heterocycles. The van der Waals surface area contributed by atoms with Crippen molar-refractivity contribution in [1.29, 1.82) is 0 Å². The molecule has 15 heavy (non-hydrogen) atoms. The van der Waals surface area contributed by atoms with Crippen LogP contribution in [0.5, 0.6) is 0 Å². The average Bonchev–Trinajstić information content (AvgIpc) is 2.66. The molecule has 0 saturated carbocycles. The Labute approximate surface area is 94.4 Å². The Balaban J connectivity index is 2.13. The van der Waals surface area contributed by atoms with Gasteiger partial charge >= 0.3 is 0 Å². The SMILES string of the molecule is C=CCC1NCCCC1c1csc(N)n1. The van der Waals surface area contributed by atoms with Crippen molar-refractivity contribution in [3.8, 4) is 0 Å². The van der Waals surface area contributed by atoms with Crippen molar-refractivity contribution < 1.29 is 0 Å². The van der Waals surface area contributed by atoms with Gasteiger partial charge in [0.05, 0.1) is 5.69 Å². The maximum absolute atomic E-state index is 5.67. The van der Waals surface area contributed by atoms with E-state index in [1.165, 1.54) is 24.2 Å². The van der Waals surface area contributed by atoms with Crippen LogP contribution in [0.15, 0.2) is 18.0 Å². The molecule has 0 aliphatic carbocycles. The summed E-state index contributed by atoms with van der Waals surface area (Å²) in [6.45, 7) is 4.91. The average molecular weight is 223 g/mol. The number of hydrogen-bond acceptors (Lipinski definition) is 4. The third-order valence-corrected chi connectivity index (χ3v) is 3.62. The molecule has 0 radical (unpaired) electrons. The van der Waals surface area contributed by atoms with Gasteiger partial charge in [0.1, 0.15) is 0 Å². The molecule has 1 fully saturated rings. The summed E-state index contributed by atoms with van der Waals surface area (Å²) in [7, 11) is 0. The highest BCUT2D eigenvalue weighted by Gasteiger charge is 2.26. The van der Waals surface area contributed by atoms with Crippen LogP contribution in [0.4, 0.5) is 5.13 Å². The number of hydrogen-bond donors (Lipinski definition) is 2. The van der Waals surface area contributed by atoms with Gasteiger partial charge in [-0.05, 0) is 25.8 Å². The van der Waals surface area contributed by atoms with Gasteiger partial charge in [-0.25, -0.2) is 4.98 Å². The van der Waals surface area contributed by atoms with E-state index in [2.05, 4.69) is 22.3 Å². The van der Waals surface area contributed by atoms with Gasteiger partial charge in [-0.3, -0.25) is 0 Å². The normalized spacial score (nSPS) is 26.4. The lowest BCUT2D eigenvalue weighted by Gasteiger charge is -2.30. The predicted molar refractivity (Wildman–Crippen MR) is 65.1 cm³/mol. The number of aromatic nitrogens is 1. The first-order valence-electron chi connectivity index (χ1n) is 5.36. The van der Waals surface area contributed by atoms with E-state index < -0.39 is 0 Å². The molecule has 1 aliphatic rings. The monoisotopic (exact) mass is 223 g/mol. The fourth-order valence-electron chi connectivity index (χ4n) is 2.21. The van der Waals surface area contributed by atoms with Crippen LogP contribution >= 0.6 is 11.3 Å². The second-order valence-corrected chi connectivity index (χ2v) is 4.83. The van der Waals surface area contributed by atoms with Crippen LogP contribution in [-0.2, 0) is 0 Å². The van der Waals surface area contributed by atoms with Crippen molar-refractivity contribution in [3.63, 3.8) is 0 Å². The molecule has 0 spiro atoms. The summed E-state index contributed by atoms with van der Waals surface area (Å²) in [6, 6.07) is 0.484. The molecule has 82 valence electrons. The van der Waals surface area contributed by atoms with Gasteiger partial charge in [0, 0.05) is 17.3 Å². The molecular weight excluding hydrogens is 206 g/mol. The summed E-state index contributed by atoms with van der Waals surface area (Å²) in [6.07, 6.45) is 5.40. The summed E-state index contributed by atoms with van der Waals surface area (Å²) in [5, 5.41) is 6.29. The largest absolute Gasteiger partial charge is 0.375 e. The van der Waals surface area contributed by atoms with Crippen LogP contribution in [0.1, 0.15) is 30.9 Å². The highest BCUT2D eigenvalue weighted by atomic mass is 32.1. The minimum atomic E-state index is 0.484. The number of nitrogen functional groups attached to an aromatic ring is 1. The van der Waals surface area contributed by atoms with Crippen LogP contribution in [0, 0.1) is 0 Å². The molecule has 0 amide bonds. The lowest BCUT2D eigenvalue weighted by Crippen LogP contribution is -2.39. The van der Waals surface area contributed by atoms with Gasteiger partial charge in [-0.2, -0.15) is 0 Å². The molecule has 0 aromatic carbocycles. The first-order chi connectivity index (χ1) is 7.31. The van der Waals surface area contributed by atoms with Gasteiger partial charge in [0.15, 0.2) is 5.13 Å². The standard InChI is InChI=1S/C11H17N3S/c1-2-4-9-8(5-3-6-13-9)10-7-15-11(12)14-10/h2,7-9,13H,1,3-6H2,(H2,12,14). The van der Waals surface area contributed by atoms with Crippen molar-refractivity contribution in [2.24, 2.45) is 0 Å². The van der Waals surface area contributed by atoms with Crippen LogP contribution < -0.4 is 11.1 Å². The van der Waals surface area contributed by atoms with Gasteiger partial charge in [0.25, 0.3) is 0 Å². The maximum atomic E-state index is 5.67. The third kappa shape index (κ3) is 2.38. The number of nitrogens with zero attached hydrogens (tertiary/aromatic N) is 1. The number of rotatable bonds is 3. The van der Waals surface area contributed by atoms with Gasteiger partial charge in [-0.15, -0.1) is 17.9 Å². The smallest absolute Gasteiger partial charge is 0.180 e. The topological polar surface area (TPSA) is 50.9 Å². The molecule has 1 aromatic rings. The second-order valence-electron chi connectivity index (χ2n) is 3.94. The zero-order chi connectivity index (χ0) is 10.7. The molecule has 3 nitrogen and oxygen atoms in total. The Kier molecular flexibility index (Phi) is 3.38. The summed E-state index contributed by atoms with van der Waals surface area (Å²) in [5.74, 6) is 0.505. The second kappa shape index (κ2) is 4.77. The maximum Gasteiger partial charge on any atom is 0.180 e. The Morgan fingerprint density at radius 1 is 1.73 bits per heavy atom. The molecule has 2 atom stereocenters. The van der Waals surface area contributed by atoms with Gasteiger partial charge in [0.2, 0.25) is 0 Å². The molecule has 2 rings (SSSR count). The van der Waals surface area contributed by atoms with Crippen molar-refractivity contribution in [2.75, 3.05) is 12.3 Å². The molecular formula is C11H17N3S. The van der Waals surface area contributed by atoms with Crippen molar-refractivity contribution in [3.05, 3.63) is 23.7 Å². The van der Waals surface area contributed by atoms with Gasteiger partial charge < -0.3 is 11.1 Å². The predicted octanol–water partition coefficient (Wildman–Crippen LogP) is 2.14. The van der Waals surface area contributed by atoms with Crippen molar-refractivity contribution in [1.82, 2.24) is 10.3 Å². The lowest BCUT2D eigenvalue weighted by atomic mass is 9.87. The minimum Gasteiger partial charge on any atom is -0.375 e. The Hall–Kier alpha value is -0.870. The summed E-state index contributed by atoms with van der Waals surface area (Å²) in [5.41, 5.74) is 6.82. The molecule has 1 aliphatic heterocycles. The number of anilines is 1. The van der Waals surface area contributed by atoms with E-state index in [0.717, 1.165) is 18.7 Å². The van der Waals surface area contributed by atoms with Crippen molar-refractivity contribution in [2.45, 2.75) is 31.2 Å². The van der Waals surface area contributed by atoms with E-state index in [0.29, 0.717) is 17.1 Å². The van der Waals surface area contributed by atoms with Crippen LogP contribution in [0.3, 0.4) is 0 Å². The zero-order valence-electron chi connectivity index (χ0n) is 8.78. The van der Waals surface area contributed by atoms with Gasteiger partial charge in [-0.1, -0.05) is 6.08 Å². The fraction of sp³-hybridized carbons (Fsp3) is 0.545. The molecule has 3 N–H and O–H groups in total. The molecule has 0 bridgehead atoms. The molecule has 4 heteroatoms. The number of piperidine rings is 1. The zero-order valence-corrected chi connectivity index (χ0v) is 9.59. The number of nitrogens with one attached hydrogen (secondary N) is 1. The first kappa shape index (κ1) is 10.6. The first-order valence-corrected chi connectivity index (χ1v) is 6.24. The Morgan fingerprint density at radius 2 is 2.60 bits per heavy atom. The fourth-order valence-corrected chi connectivity index (χ4v) is 2.83. The van der Waals surface area contributed by atoms with E-state index in [-0.39, 0.29) is 0 Å². The summed E-state index contributed by atoms with van der Waals surface area (Å²) >= 11 is 1.53. The van der Waals surface area contributed by atoms with E-state index in [1.807, 2.05) is 6.08 Å². The highest BCUT2D eigenvalue weighted by molar-refractivity contribution is 7.13. The molecule has 2 unspecified atom stereocenters. The third-order valence-electron chi connectivity index (χ3n) is 2.92. The van der Waals surface area contributed by atoms with Crippen LogP contribution in [0.2, 0.25) is 0 Å². The van der Waals surface area contributed by atoms with Crippen LogP contribution in [0.25, 0.3) is 0 Å². The summed E-state index contributed by atoms with van der Waals surface area (Å²) in [4.78, 5) is 4.39. The highest BCUT2D eigenvalue weighted by Crippen LogP contribution is 2.31. The van der Waals surface area contributed by atoms with E-state index in [4.69, 9.17) is 5.73 Å².